The summed E-state index contributed by atoms with van der Waals surface area (Å²) in [6.07, 6.45) is 5.29. The highest BCUT2D eigenvalue weighted by Gasteiger charge is 2.17. The second kappa shape index (κ2) is 7.16. The molecule has 106 valence electrons. The maximum Gasteiger partial charge on any atom is 0.137 e. The van der Waals surface area contributed by atoms with E-state index in [0.717, 1.165) is 36.3 Å². The lowest BCUT2D eigenvalue weighted by Gasteiger charge is -2.25. The van der Waals surface area contributed by atoms with Gasteiger partial charge in [0.05, 0.1) is 11.6 Å². The predicted octanol–water partition coefficient (Wildman–Crippen LogP) is 4.58. The highest BCUT2D eigenvalue weighted by atomic mass is 35.5. The van der Waals surface area contributed by atoms with Gasteiger partial charge in [0.25, 0.3) is 0 Å². The Morgan fingerprint density at radius 3 is 2.79 bits per heavy atom. The Morgan fingerprint density at radius 1 is 1.42 bits per heavy atom. The number of hydrogen-bond acceptors (Lipinski definition) is 2. The van der Waals surface area contributed by atoms with Crippen LogP contribution in [0.4, 0.5) is 0 Å². The molecule has 1 atom stereocenters. The molecule has 0 radical (unpaired) electrons. The molecule has 0 saturated heterocycles. The second-order valence-corrected chi connectivity index (χ2v) is 5.81. The van der Waals surface area contributed by atoms with E-state index in [-0.39, 0.29) is 0 Å². The molecule has 1 aromatic carbocycles. The van der Waals surface area contributed by atoms with Gasteiger partial charge in [0.1, 0.15) is 5.75 Å². The topological polar surface area (TPSA) is 21.3 Å². The molecule has 1 fully saturated rings. The number of halogens is 1. The van der Waals surface area contributed by atoms with E-state index in [1.807, 2.05) is 12.1 Å². The summed E-state index contributed by atoms with van der Waals surface area (Å²) < 4.78 is 5.79. The molecule has 1 saturated carbocycles. The largest absolute Gasteiger partial charge is 0.492 e. The predicted molar refractivity (Wildman–Crippen MR) is 81.0 cm³/mol. The van der Waals surface area contributed by atoms with E-state index in [9.17, 15) is 0 Å². The molecule has 1 unspecified atom stereocenters. The zero-order valence-electron chi connectivity index (χ0n) is 11.9. The van der Waals surface area contributed by atoms with Crippen molar-refractivity contribution in [1.82, 2.24) is 5.32 Å². The molecular formula is C16H24ClNO. The lowest BCUT2D eigenvalue weighted by Crippen LogP contribution is -2.17. The van der Waals surface area contributed by atoms with Gasteiger partial charge in [-0.25, -0.2) is 0 Å². The minimum Gasteiger partial charge on any atom is -0.492 e. The summed E-state index contributed by atoms with van der Waals surface area (Å²) in [5.74, 6) is 1.69. The normalized spacial score (nSPS) is 17.0. The van der Waals surface area contributed by atoms with Crippen LogP contribution < -0.4 is 10.1 Å². The van der Waals surface area contributed by atoms with E-state index in [0.29, 0.717) is 6.04 Å². The summed E-state index contributed by atoms with van der Waals surface area (Å²) in [6, 6.07) is 6.42. The standard InChI is InChI=1S/C16H24ClNO/c1-3-18-12(2)14-7-8-16(15(17)11-14)19-10-9-13-5-4-6-13/h7-8,11-13,18H,3-6,9-10H2,1-2H3. The number of nitrogens with one attached hydrogen (secondary N) is 1. The van der Waals surface area contributed by atoms with Gasteiger partial charge in [0.15, 0.2) is 0 Å². The van der Waals surface area contributed by atoms with Crippen molar-refractivity contribution in [1.29, 1.82) is 0 Å². The van der Waals surface area contributed by atoms with Crippen molar-refractivity contribution in [3.05, 3.63) is 28.8 Å². The van der Waals surface area contributed by atoms with Crippen LogP contribution in [0.5, 0.6) is 5.75 Å². The molecule has 0 amide bonds. The maximum absolute atomic E-state index is 6.28. The molecule has 2 nitrogen and oxygen atoms in total. The van der Waals surface area contributed by atoms with Gasteiger partial charge in [-0.15, -0.1) is 0 Å². The Kier molecular flexibility index (Phi) is 5.53. The van der Waals surface area contributed by atoms with Crippen LogP contribution in [0, 0.1) is 5.92 Å². The highest BCUT2D eigenvalue weighted by Crippen LogP contribution is 2.31. The first-order chi connectivity index (χ1) is 9.20. The molecule has 19 heavy (non-hydrogen) atoms. The molecular weight excluding hydrogens is 258 g/mol. The summed E-state index contributed by atoms with van der Waals surface area (Å²) in [6.45, 7) is 5.99. The van der Waals surface area contributed by atoms with Gasteiger partial charge in [-0.05, 0) is 43.5 Å². The molecule has 0 bridgehead atoms. The number of rotatable bonds is 7. The maximum atomic E-state index is 6.28. The van der Waals surface area contributed by atoms with Crippen LogP contribution in [-0.2, 0) is 0 Å². The zero-order valence-corrected chi connectivity index (χ0v) is 12.7. The van der Waals surface area contributed by atoms with Crippen LogP contribution in [0.25, 0.3) is 0 Å². The van der Waals surface area contributed by atoms with Crippen molar-refractivity contribution in [2.24, 2.45) is 5.92 Å². The third-order valence-electron chi connectivity index (χ3n) is 3.97. The quantitative estimate of drug-likeness (QED) is 0.790. The van der Waals surface area contributed by atoms with Crippen LogP contribution >= 0.6 is 11.6 Å². The first-order valence-corrected chi connectivity index (χ1v) is 7.74. The smallest absolute Gasteiger partial charge is 0.137 e. The van der Waals surface area contributed by atoms with E-state index >= 15 is 0 Å². The van der Waals surface area contributed by atoms with Crippen LogP contribution in [0.2, 0.25) is 5.02 Å². The average Bonchev–Trinajstić information content (AvgIpc) is 2.34. The first-order valence-electron chi connectivity index (χ1n) is 7.36. The van der Waals surface area contributed by atoms with Crippen LogP contribution in [0.1, 0.15) is 51.1 Å². The summed E-state index contributed by atoms with van der Waals surface area (Å²) in [5, 5.41) is 4.10. The van der Waals surface area contributed by atoms with Crippen molar-refractivity contribution in [2.45, 2.75) is 45.6 Å². The van der Waals surface area contributed by atoms with E-state index in [4.69, 9.17) is 16.3 Å². The first kappa shape index (κ1) is 14.7. The van der Waals surface area contributed by atoms with Gasteiger partial charge >= 0.3 is 0 Å². The molecule has 3 heteroatoms. The molecule has 0 aromatic heterocycles. The lowest BCUT2D eigenvalue weighted by atomic mass is 9.83. The average molecular weight is 282 g/mol. The van der Waals surface area contributed by atoms with Gasteiger partial charge in [-0.2, -0.15) is 0 Å². The molecule has 2 rings (SSSR count). The molecule has 1 aliphatic rings. The molecule has 0 aliphatic heterocycles. The van der Waals surface area contributed by atoms with E-state index < -0.39 is 0 Å². The fourth-order valence-corrected chi connectivity index (χ4v) is 2.69. The fourth-order valence-electron chi connectivity index (χ4n) is 2.44. The lowest BCUT2D eigenvalue weighted by molar-refractivity contribution is 0.222. The third kappa shape index (κ3) is 4.12. The SMILES string of the molecule is CCNC(C)c1ccc(OCCC2CCC2)c(Cl)c1. The number of ether oxygens (including phenoxy) is 1. The van der Waals surface area contributed by atoms with Crippen molar-refractivity contribution >= 4 is 11.6 Å². The zero-order chi connectivity index (χ0) is 13.7. The van der Waals surface area contributed by atoms with Crippen molar-refractivity contribution < 1.29 is 4.74 Å². The van der Waals surface area contributed by atoms with E-state index in [1.165, 1.54) is 24.8 Å². The Labute approximate surface area is 121 Å². The Morgan fingerprint density at radius 2 is 2.21 bits per heavy atom. The molecule has 0 heterocycles. The van der Waals surface area contributed by atoms with Crippen LogP contribution in [0.15, 0.2) is 18.2 Å². The van der Waals surface area contributed by atoms with E-state index in [1.54, 1.807) is 0 Å². The van der Waals surface area contributed by atoms with Gasteiger partial charge in [-0.3, -0.25) is 0 Å². The highest BCUT2D eigenvalue weighted by molar-refractivity contribution is 6.32. The number of hydrogen-bond donors (Lipinski definition) is 1. The minimum atomic E-state index is 0.325. The van der Waals surface area contributed by atoms with Crippen molar-refractivity contribution in [3.63, 3.8) is 0 Å². The fraction of sp³-hybridized carbons (Fsp3) is 0.625. The molecule has 1 aromatic rings. The Bertz CT molecular complexity index is 404. The van der Waals surface area contributed by atoms with E-state index in [2.05, 4.69) is 25.2 Å². The second-order valence-electron chi connectivity index (χ2n) is 5.40. The summed E-state index contributed by atoms with van der Waals surface area (Å²) in [5.41, 5.74) is 1.21. The van der Waals surface area contributed by atoms with Gasteiger partial charge in [-0.1, -0.05) is 43.9 Å². The van der Waals surface area contributed by atoms with Crippen LogP contribution in [0.3, 0.4) is 0 Å². The van der Waals surface area contributed by atoms with Gasteiger partial charge < -0.3 is 10.1 Å². The van der Waals surface area contributed by atoms with Crippen molar-refractivity contribution in [2.75, 3.05) is 13.2 Å². The summed E-state index contributed by atoms with van der Waals surface area (Å²) >= 11 is 6.28. The minimum absolute atomic E-state index is 0.325. The molecule has 0 spiro atoms. The van der Waals surface area contributed by atoms with Gasteiger partial charge in [0, 0.05) is 6.04 Å². The summed E-state index contributed by atoms with van der Waals surface area (Å²) in [4.78, 5) is 0. The van der Waals surface area contributed by atoms with Crippen LogP contribution in [-0.4, -0.2) is 13.2 Å². The monoisotopic (exact) mass is 281 g/mol. The molecule has 1 N–H and O–H groups in total. The van der Waals surface area contributed by atoms with Crippen molar-refractivity contribution in [3.8, 4) is 5.75 Å². The summed E-state index contributed by atoms with van der Waals surface area (Å²) in [7, 11) is 0. The molecule has 1 aliphatic carbocycles. The Balaban J connectivity index is 1.86. The third-order valence-corrected chi connectivity index (χ3v) is 4.27. The van der Waals surface area contributed by atoms with Gasteiger partial charge in [0.2, 0.25) is 0 Å². The number of benzene rings is 1. The Hall–Kier alpha value is -0.730.